The number of hydrogen-bond donors (Lipinski definition) is 1. The molecule has 114 valence electrons. The maximum Gasteiger partial charge on any atom is 0.327 e. The minimum atomic E-state index is -3.54. The molecule has 21 heavy (non-hydrogen) atoms. The van der Waals surface area contributed by atoms with Crippen molar-refractivity contribution in [1.29, 1.82) is 0 Å². The van der Waals surface area contributed by atoms with Crippen molar-refractivity contribution in [2.75, 3.05) is 17.4 Å². The molecule has 0 saturated carbocycles. The van der Waals surface area contributed by atoms with Gasteiger partial charge in [-0.15, -0.1) is 11.8 Å². The molecule has 0 unspecified atom stereocenters. The van der Waals surface area contributed by atoms with Crippen molar-refractivity contribution in [3.8, 4) is 0 Å². The van der Waals surface area contributed by atoms with Crippen molar-refractivity contribution in [1.82, 2.24) is 4.90 Å². The number of amides is 1. The number of thioether (sulfide) groups is 1. The number of sulfone groups is 1. The largest absolute Gasteiger partial charge is 0.480 e. The standard InChI is InChI=1S/C13H15NO5S2/c1-2-21(18,19)11-6-4-3-5-9(11)12(15)14-8-20-7-10(14)13(16)17/h3-6,10H,2,7-8H2,1H3,(H,16,17)/t10-/m0/s1. The summed E-state index contributed by atoms with van der Waals surface area (Å²) in [5.41, 5.74) is 0.0353. The van der Waals surface area contributed by atoms with Crippen LogP contribution in [0.2, 0.25) is 0 Å². The lowest BCUT2D eigenvalue weighted by atomic mass is 10.2. The summed E-state index contributed by atoms with van der Waals surface area (Å²) in [6, 6.07) is 5.01. The smallest absolute Gasteiger partial charge is 0.327 e. The van der Waals surface area contributed by atoms with E-state index in [4.69, 9.17) is 5.11 Å². The number of carboxylic acid groups (broad SMARTS) is 1. The summed E-state index contributed by atoms with van der Waals surface area (Å²) < 4.78 is 24.1. The highest BCUT2D eigenvalue weighted by Crippen LogP contribution is 2.26. The third-order valence-corrected chi connectivity index (χ3v) is 6.06. The van der Waals surface area contributed by atoms with Gasteiger partial charge in [0.1, 0.15) is 6.04 Å². The summed E-state index contributed by atoms with van der Waals surface area (Å²) in [5.74, 6) is -1.20. The van der Waals surface area contributed by atoms with Crippen molar-refractivity contribution < 1.29 is 23.1 Å². The van der Waals surface area contributed by atoms with Gasteiger partial charge in [-0.2, -0.15) is 0 Å². The summed E-state index contributed by atoms with van der Waals surface area (Å²) in [6.07, 6.45) is 0. The number of carbonyl (C=O) groups is 2. The Hall–Kier alpha value is -1.54. The zero-order valence-electron chi connectivity index (χ0n) is 11.4. The third kappa shape index (κ3) is 3.06. The Balaban J connectivity index is 2.43. The van der Waals surface area contributed by atoms with E-state index in [1.54, 1.807) is 12.1 Å². The van der Waals surface area contributed by atoms with Crippen LogP contribution in [-0.2, 0) is 14.6 Å². The van der Waals surface area contributed by atoms with E-state index in [0.29, 0.717) is 5.75 Å². The minimum Gasteiger partial charge on any atom is -0.480 e. The monoisotopic (exact) mass is 329 g/mol. The zero-order valence-corrected chi connectivity index (χ0v) is 13.0. The van der Waals surface area contributed by atoms with Crippen molar-refractivity contribution in [3.05, 3.63) is 29.8 Å². The van der Waals surface area contributed by atoms with Crippen molar-refractivity contribution in [3.63, 3.8) is 0 Å². The first-order valence-corrected chi connectivity index (χ1v) is 9.12. The Bertz CT molecular complexity index is 671. The normalized spacial score (nSPS) is 18.7. The van der Waals surface area contributed by atoms with Crippen LogP contribution in [0.4, 0.5) is 0 Å². The maximum absolute atomic E-state index is 12.5. The Labute approximate surface area is 127 Å². The molecule has 1 aliphatic rings. The molecule has 1 aromatic carbocycles. The fourth-order valence-corrected chi connectivity index (χ4v) is 4.30. The van der Waals surface area contributed by atoms with Crippen LogP contribution >= 0.6 is 11.8 Å². The molecule has 0 bridgehead atoms. The maximum atomic E-state index is 12.5. The number of nitrogens with zero attached hydrogens (tertiary/aromatic N) is 1. The summed E-state index contributed by atoms with van der Waals surface area (Å²) in [5, 5.41) is 9.13. The van der Waals surface area contributed by atoms with Gasteiger partial charge in [0.25, 0.3) is 5.91 Å². The van der Waals surface area contributed by atoms with E-state index in [9.17, 15) is 18.0 Å². The quantitative estimate of drug-likeness (QED) is 0.889. The van der Waals surface area contributed by atoms with Gasteiger partial charge in [0, 0.05) is 5.75 Å². The van der Waals surface area contributed by atoms with Gasteiger partial charge >= 0.3 is 5.97 Å². The van der Waals surface area contributed by atoms with E-state index in [-0.39, 0.29) is 22.1 Å². The average molecular weight is 329 g/mol. The van der Waals surface area contributed by atoms with E-state index in [1.807, 2.05) is 0 Å². The molecule has 8 heteroatoms. The number of carbonyl (C=O) groups excluding carboxylic acids is 1. The fourth-order valence-electron chi connectivity index (χ4n) is 2.07. The molecule has 1 saturated heterocycles. The van der Waals surface area contributed by atoms with Gasteiger partial charge in [0.15, 0.2) is 9.84 Å². The Morgan fingerprint density at radius 3 is 2.67 bits per heavy atom. The second kappa shape index (κ2) is 6.07. The molecule has 1 aromatic rings. The van der Waals surface area contributed by atoms with Gasteiger partial charge in [-0.1, -0.05) is 19.1 Å². The van der Waals surface area contributed by atoms with Crippen LogP contribution in [0, 0.1) is 0 Å². The van der Waals surface area contributed by atoms with E-state index in [2.05, 4.69) is 0 Å². The highest BCUT2D eigenvalue weighted by Gasteiger charge is 2.36. The van der Waals surface area contributed by atoms with E-state index in [1.165, 1.54) is 35.7 Å². The SMILES string of the molecule is CCS(=O)(=O)c1ccccc1C(=O)N1CSC[C@H]1C(=O)O. The molecule has 1 N–H and O–H groups in total. The van der Waals surface area contributed by atoms with Crippen LogP contribution in [-0.4, -0.2) is 53.7 Å². The molecule has 0 aliphatic carbocycles. The van der Waals surface area contributed by atoms with Crippen molar-refractivity contribution in [2.45, 2.75) is 17.9 Å². The summed E-state index contributed by atoms with van der Waals surface area (Å²) in [4.78, 5) is 24.9. The minimum absolute atomic E-state index is 0.0353. The number of rotatable bonds is 4. The van der Waals surface area contributed by atoms with Crippen LogP contribution in [0.25, 0.3) is 0 Å². The van der Waals surface area contributed by atoms with Gasteiger partial charge in [0.2, 0.25) is 0 Å². The van der Waals surface area contributed by atoms with Crippen LogP contribution in [0.3, 0.4) is 0 Å². The lowest BCUT2D eigenvalue weighted by molar-refractivity contribution is -0.140. The number of hydrogen-bond acceptors (Lipinski definition) is 5. The molecule has 0 spiro atoms. The fraction of sp³-hybridized carbons (Fsp3) is 0.385. The second-order valence-corrected chi connectivity index (χ2v) is 7.77. The number of aliphatic carboxylic acids is 1. The predicted molar refractivity (Wildman–Crippen MR) is 79.1 cm³/mol. The molecule has 1 aliphatic heterocycles. The van der Waals surface area contributed by atoms with Gasteiger partial charge in [-0.25, -0.2) is 13.2 Å². The van der Waals surface area contributed by atoms with Crippen molar-refractivity contribution >= 4 is 33.5 Å². The third-order valence-electron chi connectivity index (χ3n) is 3.26. The summed E-state index contributed by atoms with van der Waals surface area (Å²) in [6.45, 7) is 1.50. The number of carboxylic acids is 1. The van der Waals surface area contributed by atoms with E-state index >= 15 is 0 Å². The summed E-state index contributed by atoms with van der Waals surface area (Å²) >= 11 is 1.34. The Morgan fingerprint density at radius 2 is 2.05 bits per heavy atom. The highest BCUT2D eigenvalue weighted by atomic mass is 32.2. The zero-order chi connectivity index (χ0) is 15.6. The molecular weight excluding hydrogens is 314 g/mol. The van der Waals surface area contributed by atoms with Gasteiger partial charge in [-0.05, 0) is 12.1 Å². The first-order chi connectivity index (χ1) is 9.88. The summed E-state index contributed by atoms with van der Waals surface area (Å²) in [7, 11) is -3.54. The highest BCUT2D eigenvalue weighted by molar-refractivity contribution is 7.99. The van der Waals surface area contributed by atoms with E-state index in [0.717, 1.165) is 0 Å². The molecule has 0 radical (unpaired) electrons. The van der Waals surface area contributed by atoms with Gasteiger partial charge in [-0.3, -0.25) is 4.79 Å². The van der Waals surface area contributed by atoms with Crippen molar-refractivity contribution in [2.24, 2.45) is 0 Å². The average Bonchev–Trinajstić information content (AvgIpc) is 2.96. The van der Waals surface area contributed by atoms with Crippen LogP contribution in [0.5, 0.6) is 0 Å². The Kier molecular flexibility index (Phi) is 4.58. The molecule has 0 aromatic heterocycles. The van der Waals surface area contributed by atoms with Gasteiger partial charge in [0.05, 0.1) is 22.1 Å². The first kappa shape index (κ1) is 15.8. The van der Waals surface area contributed by atoms with Crippen LogP contribution in [0.1, 0.15) is 17.3 Å². The molecule has 6 nitrogen and oxygen atoms in total. The predicted octanol–water partition coefficient (Wildman–Crippen LogP) is 1.08. The molecule has 1 atom stereocenters. The molecule has 1 fully saturated rings. The van der Waals surface area contributed by atoms with Crippen LogP contribution in [0.15, 0.2) is 29.2 Å². The number of benzene rings is 1. The molecular formula is C13H15NO5S2. The first-order valence-electron chi connectivity index (χ1n) is 6.31. The molecule has 2 rings (SSSR count). The van der Waals surface area contributed by atoms with Gasteiger partial charge < -0.3 is 10.0 Å². The van der Waals surface area contributed by atoms with Crippen LogP contribution < -0.4 is 0 Å². The Morgan fingerprint density at radius 1 is 1.38 bits per heavy atom. The second-order valence-electron chi connectivity index (χ2n) is 4.53. The topological polar surface area (TPSA) is 91.8 Å². The molecule has 1 amide bonds. The molecule has 1 heterocycles. The lowest BCUT2D eigenvalue weighted by Crippen LogP contribution is -2.42. The van der Waals surface area contributed by atoms with E-state index < -0.39 is 27.8 Å². The lowest BCUT2D eigenvalue weighted by Gasteiger charge is -2.21.